The van der Waals surface area contributed by atoms with E-state index < -0.39 is 0 Å². The highest BCUT2D eigenvalue weighted by molar-refractivity contribution is 6.30. The Balaban J connectivity index is 1.55. The molecule has 0 unspecified atom stereocenters. The van der Waals surface area contributed by atoms with Crippen LogP contribution in [0.3, 0.4) is 0 Å². The minimum absolute atomic E-state index is 0.0969. The van der Waals surface area contributed by atoms with Gasteiger partial charge in [0.05, 0.1) is 26.2 Å². The van der Waals surface area contributed by atoms with E-state index in [1.54, 1.807) is 24.3 Å². The Bertz CT molecular complexity index is 622. The lowest BCUT2D eigenvalue weighted by molar-refractivity contribution is -0.917. The summed E-state index contributed by atoms with van der Waals surface area (Å²) >= 11 is 5.87. The molecule has 2 heterocycles. The first kappa shape index (κ1) is 15.0. The third kappa shape index (κ3) is 3.64. The van der Waals surface area contributed by atoms with Gasteiger partial charge in [-0.2, -0.15) is 0 Å². The van der Waals surface area contributed by atoms with Crippen LogP contribution in [0, 0.1) is 0 Å². The molecule has 5 heteroatoms. The average molecular weight is 317 g/mol. The number of benzene rings is 1. The topological polar surface area (TPSA) is 37.6 Å². The predicted octanol–water partition coefficient (Wildman–Crippen LogP) is 1.28. The largest absolute Gasteiger partial charge is 0.328 e. The number of nitrogens with zero attached hydrogens (tertiary/aromatic N) is 2. The molecular formula is C17H19ClN3O+. The fraction of sp³-hybridized carbons (Fsp3) is 0.294. The molecule has 4 nitrogen and oxygen atoms in total. The van der Waals surface area contributed by atoms with Crippen LogP contribution in [-0.2, 0) is 6.54 Å². The van der Waals surface area contributed by atoms with Gasteiger partial charge in [-0.15, -0.1) is 0 Å². The maximum absolute atomic E-state index is 12.4. The summed E-state index contributed by atoms with van der Waals surface area (Å²) in [6.45, 7) is 4.53. The van der Waals surface area contributed by atoms with E-state index in [4.69, 9.17) is 11.6 Å². The molecule has 114 valence electrons. The van der Waals surface area contributed by atoms with Crippen molar-refractivity contribution in [1.29, 1.82) is 0 Å². The Hall–Kier alpha value is -1.91. The highest BCUT2D eigenvalue weighted by Gasteiger charge is 2.24. The van der Waals surface area contributed by atoms with Crippen LogP contribution in [-0.4, -0.2) is 42.0 Å². The molecule has 22 heavy (non-hydrogen) atoms. The minimum atomic E-state index is 0.0969. The molecule has 0 aliphatic carbocycles. The first-order valence-corrected chi connectivity index (χ1v) is 7.87. The number of rotatable bonds is 3. The molecule has 0 bridgehead atoms. The fourth-order valence-electron chi connectivity index (χ4n) is 2.77. The molecule has 3 rings (SSSR count). The second kappa shape index (κ2) is 6.90. The van der Waals surface area contributed by atoms with Crippen LogP contribution in [0.2, 0.25) is 5.02 Å². The number of hydrogen-bond donors (Lipinski definition) is 1. The molecule has 1 N–H and O–H groups in total. The monoisotopic (exact) mass is 316 g/mol. The maximum atomic E-state index is 12.4. The van der Waals surface area contributed by atoms with Crippen LogP contribution in [0.25, 0.3) is 0 Å². The van der Waals surface area contributed by atoms with Gasteiger partial charge in [-0.05, 0) is 36.4 Å². The molecule has 1 saturated heterocycles. The summed E-state index contributed by atoms with van der Waals surface area (Å²) in [7, 11) is 0. The van der Waals surface area contributed by atoms with E-state index in [2.05, 4.69) is 17.1 Å². The highest BCUT2D eigenvalue weighted by atomic mass is 35.5. The van der Waals surface area contributed by atoms with E-state index in [9.17, 15) is 4.79 Å². The van der Waals surface area contributed by atoms with Gasteiger partial charge >= 0.3 is 0 Å². The highest BCUT2D eigenvalue weighted by Crippen LogP contribution is 2.11. The Labute approximate surface area is 135 Å². The van der Waals surface area contributed by atoms with Crippen molar-refractivity contribution in [3.8, 4) is 0 Å². The first-order chi connectivity index (χ1) is 10.7. The number of hydrogen-bond acceptors (Lipinski definition) is 2. The van der Waals surface area contributed by atoms with Crippen LogP contribution in [0.5, 0.6) is 0 Å². The van der Waals surface area contributed by atoms with Crippen molar-refractivity contribution >= 4 is 17.5 Å². The molecule has 0 saturated carbocycles. The van der Waals surface area contributed by atoms with Crippen LogP contribution >= 0.6 is 11.6 Å². The molecular weight excluding hydrogens is 298 g/mol. The number of quaternary nitrogens is 1. The fourth-order valence-corrected chi connectivity index (χ4v) is 2.89. The van der Waals surface area contributed by atoms with E-state index in [1.807, 2.05) is 17.3 Å². The number of aromatic nitrogens is 1. The van der Waals surface area contributed by atoms with Gasteiger partial charge in [0.25, 0.3) is 5.91 Å². The van der Waals surface area contributed by atoms with Crippen LogP contribution in [0.4, 0.5) is 0 Å². The van der Waals surface area contributed by atoms with Gasteiger partial charge in [-0.1, -0.05) is 11.6 Å². The van der Waals surface area contributed by atoms with Crippen LogP contribution in [0.15, 0.2) is 48.8 Å². The molecule has 1 aliphatic heterocycles. The number of halogens is 1. The molecule has 0 spiro atoms. The van der Waals surface area contributed by atoms with E-state index in [1.165, 1.54) is 10.5 Å². The SMILES string of the molecule is O=C(c1ccc(Cl)cc1)N1CC[NH+](Cc2ccncc2)CC1. The minimum Gasteiger partial charge on any atom is -0.328 e. The standard InChI is InChI=1S/C17H18ClN3O/c18-16-3-1-15(2-4-16)17(22)21-11-9-20(10-12-21)13-14-5-7-19-8-6-14/h1-8H,9-13H2/p+1. The number of amides is 1. The zero-order valence-corrected chi connectivity index (χ0v) is 13.1. The molecule has 1 fully saturated rings. The number of piperazine rings is 1. The molecule has 1 aliphatic rings. The lowest BCUT2D eigenvalue weighted by Crippen LogP contribution is -3.13. The van der Waals surface area contributed by atoms with Gasteiger partial charge in [0.15, 0.2) is 0 Å². The van der Waals surface area contributed by atoms with Gasteiger partial charge < -0.3 is 9.80 Å². The zero-order valence-electron chi connectivity index (χ0n) is 12.3. The third-order valence-corrected chi connectivity index (χ3v) is 4.30. The Morgan fingerprint density at radius 1 is 1.09 bits per heavy atom. The Morgan fingerprint density at radius 2 is 1.73 bits per heavy atom. The molecule has 2 aromatic rings. The smallest absolute Gasteiger partial charge is 0.254 e. The van der Waals surface area contributed by atoms with E-state index in [-0.39, 0.29) is 5.91 Å². The van der Waals surface area contributed by atoms with E-state index in [0.717, 1.165) is 32.7 Å². The third-order valence-electron chi connectivity index (χ3n) is 4.05. The summed E-state index contributed by atoms with van der Waals surface area (Å²) in [5.41, 5.74) is 2.00. The molecule has 1 aromatic carbocycles. The number of pyridine rings is 1. The summed E-state index contributed by atoms with van der Waals surface area (Å²) < 4.78 is 0. The summed E-state index contributed by atoms with van der Waals surface area (Å²) in [6.07, 6.45) is 3.66. The van der Waals surface area contributed by atoms with Gasteiger partial charge in [-0.3, -0.25) is 9.78 Å². The lowest BCUT2D eigenvalue weighted by Gasteiger charge is -2.32. The molecule has 1 amide bonds. The van der Waals surface area contributed by atoms with Gasteiger partial charge in [0.1, 0.15) is 6.54 Å². The lowest BCUT2D eigenvalue weighted by atomic mass is 10.1. The van der Waals surface area contributed by atoms with Crippen molar-refractivity contribution in [2.24, 2.45) is 0 Å². The Kier molecular flexibility index (Phi) is 4.71. The normalized spacial score (nSPS) is 15.8. The van der Waals surface area contributed by atoms with Crippen molar-refractivity contribution in [1.82, 2.24) is 9.88 Å². The second-order valence-corrected chi connectivity index (χ2v) is 6.02. The summed E-state index contributed by atoms with van der Waals surface area (Å²) in [5.74, 6) is 0.0969. The van der Waals surface area contributed by atoms with Gasteiger partial charge in [0.2, 0.25) is 0 Å². The maximum Gasteiger partial charge on any atom is 0.254 e. The van der Waals surface area contributed by atoms with Crippen molar-refractivity contribution in [2.75, 3.05) is 26.2 Å². The van der Waals surface area contributed by atoms with Crippen molar-refractivity contribution < 1.29 is 9.69 Å². The van der Waals surface area contributed by atoms with Gasteiger partial charge in [-0.25, -0.2) is 0 Å². The summed E-state index contributed by atoms with van der Waals surface area (Å²) in [5, 5.41) is 0.656. The van der Waals surface area contributed by atoms with Crippen LogP contribution < -0.4 is 4.90 Å². The zero-order chi connectivity index (χ0) is 15.4. The summed E-state index contributed by atoms with van der Waals surface area (Å²) in [4.78, 5) is 19.9. The van der Waals surface area contributed by atoms with Crippen molar-refractivity contribution in [3.05, 3.63) is 64.9 Å². The first-order valence-electron chi connectivity index (χ1n) is 7.50. The van der Waals surface area contributed by atoms with E-state index >= 15 is 0 Å². The molecule has 1 aromatic heterocycles. The quantitative estimate of drug-likeness (QED) is 0.926. The summed E-state index contributed by atoms with van der Waals surface area (Å²) in [6, 6.07) is 11.2. The predicted molar refractivity (Wildman–Crippen MR) is 86.0 cm³/mol. The molecule has 0 radical (unpaired) electrons. The van der Waals surface area contributed by atoms with Crippen molar-refractivity contribution in [3.63, 3.8) is 0 Å². The Morgan fingerprint density at radius 3 is 2.36 bits per heavy atom. The number of nitrogens with one attached hydrogen (secondary N) is 1. The second-order valence-electron chi connectivity index (χ2n) is 5.58. The average Bonchev–Trinajstić information content (AvgIpc) is 2.57. The van der Waals surface area contributed by atoms with Gasteiger partial charge in [0, 0.05) is 28.5 Å². The number of carbonyl (C=O) groups is 1. The number of carbonyl (C=O) groups excluding carboxylic acids is 1. The van der Waals surface area contributed by atoms with Crippen molar-refractivity contribution in [2.45, 2.75) is 6.54 Å². The molecule has 0 atom stereocenters. The van der Waals surface area contributed by atoms with E-state index in [0.29, 0.717) is 10.6 Å². The van der Waals surface area contributed by atoms with Crippen LogP contribution in [0.1, 0.15) is 15.9 Å².